The molecule has 1 aromatic carbocycles. The summed E-state index contributed by atoms with van der Waals surface area (Å²) in [4.78, 5) is 11.6. The number of alkyl halides is 3. The number of methoxy groups -OCH3 is 1. The lowest BCUT2D eigenvalue weighted by Crippen LogP contribution is -2.16. The highest BCUT2D eigenvalue weighted by Crippen LogP contribution is 2.37. The average Bonchev–Trinajstić information content (AvgIpc) is 2.38. The number of halogens is 3. The van der Waals surface area contributed by atoms with Gasteiger partial charge in [0.25, 0.3) is 0 Å². The van der Waals surface area contributed by atoms with Gasteiger partial charge in [-0.1, -0.05) is 0 Å². The van der Waals surface area contributed by atoms with Crippen molar-refractivity contribution in [2.75, 3.05) is 19.0 Å². The van der Waals surface area contributed by atoms with E-state index in [1.165, 1.54) is 19.2 Å². The normalized spacial score (nSPS) is 11.2. The number of amides is 1. The maximum Gasteiger partial charge on any atom is 0.418 e. The zero-order chi connectivity index (χ0) is 15.2. The van der Waals surface area contributed by atoms with Crippen molar-refractivity contribution in [3.63, 3.8) is 0 Å². The molecule has 1 rings (SSSR count). The lowest BCUT2D eigenvalue weighted by atomic mass is 10.1. The average molecular weight is 290 g/mol. The predicted octanol–water partition coefficient (Wildman–Crippen LogP) is 2.78. The molecule has 112 valence electrons. The van der Waals surface area contributed by atoms with Crippen LogP contribution in [0.1, 0.15) is 24.8 Å². The summed E-state index contributed by atoms with van der Waals surface area (Å²) in [7, 11) is 1.28. The van der Waals surface area contributed by atoms with Gasteiger partial charge in [-0.05, 0) is 37.6 Å². The van der Waals surface area contributed by atoms with Crippen LogP contribution in [0.3, 0.4) is 0 Å². The predicted molar refractivity (Wildman–Crippen MR) is 69.5 cm³/mol. The summed E-state index contributed by atoms with van der Waals surface area (Å²) in [5, 5.41) is 2.27. The van der Waals surface area contributed by atoms with E-state index in [4.69, 9.17) is 10.5 Å². The molecule has 0 saturated heterocycles. The molecule has 0 saturated carbocycles. The smallest absolute Gasteiger partial charge is 0.418 e. The van der Waals surface area contributed by atoms with Gasteiger partial charge in [0.1, 0.15) is 5.75 Å². The topological polar surface area (TPSA) is 64.3 Å². The van der Waals surface area contributed by atoms with Gasteiger partial charge in [0.15, 0.2) is 0 Å². The lowest BCUT2D eigenvalue weighted by Gasteiger charge is -2.15. The minimum atomic E-state index is -4.56. The number of nitrogens with one attached hydrogen (secondary N) is 1. The second-order valence-electron chi connectivity index (χ2n) is 4.20. The first-order chi connectivity index (χ1) is 9.38. The van der Waals surface area contributed by atoms with Crippen molar-refractivity contribution in [1.82, 2.24) is 0 Å². The first-order valence-electron chi connectivity index (χ1n) is 6.13. The molecule has 0 spiro atoms. The van der Waals surface area contributed by atoms with Crippen molar-refractivity contribution >= 4 is 11.6 Å². The van der Waals surface area contributed by atoms with Crippen LogP contribution in [0.4, 0.5) is 18.9 Å². The number of anilines is 1. The van der Waals surface area contributed by atoms with Crippen LogP contribution in [0, 0.1) is 0 Å². The van der Waals surface area contributed by atoms with Crippen LogP contribution in [0.25, 0.3) is 0 Å². The number of hydrogen-bond donors (Lipinski definition) is 2. The maximum absolute atomic E-state index is 12.9. The molecule has 7 heteroatoms. The highest BCUT2D eigenvalue weighted by atomic mass is 19.4. The van der Waals surface area contributed by atoms with E-state index in [9.17, 15) is 18.0 Å². The van der Waals surface area contributed by atoms with Crippen molar-refractivity contribution in [3.05, 3.63) is 23.8 Å². The summed E-state index contributed by atoms with van der Waals surface area (Å²) in [6.07, 6.45) is -3.23. The number of ether oxygens (including phenoxy) is 1. The quantitative estimate of drug-likeness (QED) is 0.792. The summed E-state index contributed by atoms with van der Waals surface area (Å²) >= 11 is 0. The zero-order valence-corrected chi connectivity index (χ0v) is 11.1. The van der Waals surface area contributed by atoms with E-state index in [0.29, 0.717) is 19.4 Å². The Balaban J connectivity index is 2.86. The summed E-state index contributed by atoms with van der Waals surface area (Å²) < 4.78 is 43.5. The van der Waals surface area contributed by atoms with Crippen LogP contribution in [-0.4, -0.2) is 19.6 Å². The van der Waals surface area contributed by atoms with E-state index in [-0.39, 0.29) is 17.9 Å². The third-order valence-corrected chi connectivity index (χ3v) is 2.66. The Hall–Kier alpha value is -1.76. The second-order valence-corrected chi connectivity index (χ2v) is 4.20. The first kappa shape index (κ1) is 16.3. The van der Waals surface area contributed by atoms with Crippen LogP contribution < -0.4 is 15.8 Å². The summed E-state index contributed by atoms with van der Waals surface area (Å²) in [6.45, 7) is 0.448. The van der Waals surface area contributed by atoms with E-state index in [0.717, 1.165) is 6.07 Å². The summed E-state index contributed by atoms with van der Waals surface area (Å²) in [5.74, 6) is -0.382. The SMILES string of the molecule is COc1ccc(NC(=O)CCCCN)c(C(F)(F)F)c1. The van der Waals surface area contributed by atoms with Gasteiger partial charge in [-0.3, -0.25) is 4.79 Å². The molecule has 0 aliphatic carbocycles. The molecule has 1 amide bonds. The van der Waals surface area contributed by atoms with E-state index in [1.807, 2.05) is 0 Å². The maximum atomic E-state index is 12.9. The van der Waals surface area contributed by atoms with Gasteiger partial charge >= 0.3 is 6.18 Å². The fourth-order valence-corrected chi connectivity index (χ4v) is 1.64. The fourth-order valence-electron chi connectivity index (χ4n) is 1.64. The highest BCUT2D eigenvalue weighted by molar-refractivity contribution is 5.91. The second kappa shape index (κ2) is 7.14. The number of carbonyl (C=O) groups excluding carboxylic acids is 1. The molecular weight excluding hydrogens is 273 g/mol. The van der Waals surface area contributed by atoms with Crippen LogP contribution in [0.5, 0.6) is 5.75 Å². The van der Waals surface area contributed by atoms with Gasteiger partial charge in [-0.15, -0.1) is 0 Å². The van der Waals surface area contributed by atoms with E-state index in [2.05, 4.69) is 5.32 Å². The molecule has 0 fully saturated rings. The van der Waals surface area contributed by atoms with E-state index in [1.54, 1.807) is 0 Å². The summed E-state index contributed by atoms with van der Waals surface area (Å²) in [5.41, 5.74) is 4.09. The van der Waals surface area contributed by atoms with Gasteiger partial charge in [0.2, 0.25) is 5.91 Å². The van der Waals surface area contributed by atoms with Gasteiger partial charge in [0.05, 0.1) is 18.4 Å². The van der Waals surface area contributed by atoms with Crippen molar-refractivity contribution in [3.8, 4) is 5.75 Å². The third kappa shape index (κ3) is 4.73. The molecule has 3 N–H and O–H groups in total. The van der Waals surface area contributed by atoms with Crippen LogP contribution in [0.2, 0.25) is 0 Å². The number of hydrogen-bond acceptors (Lipinski definition) is 3. The van der Waals surface area contributed by atoms with E-state index >= 15 is 0 Å². The Morgan fingerprint density at radius 2 is 2.05 bits per heavy atom. The van der Waals surface area contributed by atoms with Crippen molar-refractivity contribution in [1.29, 1.82) is 0 Å². The standard InChI is InChI=1S/C13H17F3N2O2/c1-20-9-5-6-11(10(8-9)13(14,15)16)18-12(19)4-2-3-7-17/h5-6,8H,2-4,7,17H2,1H3,(H,18,19). The molecule has 1 aromatic rings. The summed E-state index contributed by atoms with van der Waals surface area (Å²) in [6, 6.07) is 3.41. The number of unbranched alkanes of at least 4 members (excludes halogenated alkanes) is 1. The largest absolute Gasteiger partial charge is 0.497 e. The van der Waals surface area contributed by atoms with Gasteiger partial charge in [-0.2, -0.15) is 13.2 Å². The molecule has 0 bridgehead atoms. The van der Waals surface area contributed by atoms with Gasteiger partial charge in [0, 0.05) is 6.42 Å². The minimum Gasteiger partial charge on any atom is -0.497 e. The van der Waals surface area contributed by atoms with Crippen LogP contribution in [-0.2, 0) is 11.0 Å². The molecule has 0 heterocycles. The zero-order valence-electron chi connectivity index (χ0n) is 11.1. The Bertz CT molecular complexity index is 461. The Labute approximate surface area is 115 Å². The number of benzene rings is 1. The number of carbonyl (C=O) groups is 1. The van der Waals surface area contributed by atoms with Crippen LogP contribution >= 0.6 is 0 Å². The Kier molecular flexibility index (Phi) is 5.82. The molecule has 0 atom stereocenters. The molecule has 4 nitrogen and oxygen atoms in total. The minimum absolute atomic E-state index is 0.0819. The van der Waals surface area contributed by atoms with Crippen molar-refractivity contribution in [2.45, 2.75) is 25.4 Å². The third-order valence-electron chi connectivity index (χ3n) is 2.66. The molecule has 0 radical (unpaired) electrons. The Morgan fingerprint density at radius 3 is 2.60 bits per heavy atom. The van der Waals surface area contributed by atoms with Crippen molar-refractivity contribution in [2.24, 2.45) is 5.73 Å². The molecule has 20 heavy (non-hydrogen) atoms. The first-order valence-corrected chi connectivity index (χ1v) is 6.13. The monoisotopic (exact) mass is 290 g/mol. The molecule has 0 aliphatic rings. The lowest BCUT2D eigenvalue weighted by molar-refractivity contribution is -0.137. The molecule has 0 unspecified atom stereocenters. The number of rotatable bonds is 6. The Morgan fingerprint density at radius 1 is 1.35 bits per heavy atom. The van der Waals surface area contributed by atoms with Gasteiger partial charge < -0.3 is 15.8 Å². The molecule has 0 aliphatic heterocycles. The van der Waals surface area contributed by atoms with Crippen LogP contribution in [0.15, 0.2) is 18.2 Å². The van der Waals surface area contributed by atoms with E-state index < -0.39 is 17.6 Å². The van der Waals surface area contributed by atoms with Gasteiger partial charge in [-0.25, -0.2) is 0 Å². The fraction of sp³-hybridized carbons (Fsp3) is 0.462. The van der Waals surface area contributed by atoms with Crippen molar-refractivity contribution < 1.29 is 22.7 Å². The highest BCUT2D eigenvalue weighted by Gasteiger charge is 2.34. The molecular formula is C13H17F3N2O2. The molecule has 0 aromatic heterocycles. The number of nitrogens with two attached hydrogens (primary N) is 1.